The standard InChI is InChI=1S/C40H37F4N7O5S/c1-25(37(52)47-29-8-7-27(23-45)34(22-29)40(42,43)44)24-57(55,56)30-11-9-28(10-12-30)46-14-15-50-16-18-51(19-17-50)39(54)33-20-26(6-13-35(33)41)21-36-31-4-2-3-5-32(31)38(53)49-48-36/h2-13,20,22,25,46H,14-19,21,24H2,1H3,(H,47,52)(H,49,53)/t25-/m1/s1. The first kappa shape index (κ1) is 40.5. The molecule has 0 saturated carbocycles. The number of aromatic amines is 1. The predicted octanol–water partition coefficient (Wildman–Crippen LogP) is 5.46. The number of sulfone groups is 1. The third kappa shape index (κ3) is 9.65. The van der Waals surface area contributed by atoms with Gasteiger partial charge in [0, 0.05) is 68.4 Å². The number of fused-ring (bicyclic) bond motifs is 1. The topological polar surface area (TPSA) is 168 Å². The number of carbonyl (C=O) groups excluding carboxylic acids is 2. The highest BCUT2D eigenvalue weighted by Gasteiger charge is 2.34. The molecule has 1 aromatic heterocycles. The summed E-state index contributed by atoms with van der Waals surface area (Å²) in [6, 6.07) is 21.6. The molecular formula is C40H37F4N7O5S. The van der Waals surface area contributed by atoms with Gasteiger partial charge < -0.3 is 15.5 Å². The molecule has 4 aromatic carbocycles. The van der Waals surface area contributed by atoms with E-state index in [1.165, 1.54) is 37.3 Å². The quantitative estimate of drug-likeness (QED) is 0.139. The van der Waals surface area contributed by atoms with Crippen LogP contribution in [0, 0.1) is 23.1 Å². The summed E-state index contributed by atoms with van der Waals surface area (Å²) < 4.78 is 81.0. The maximum absolute atomic E-state index is 14.9. The smallest absolute Gasteiger partial charge is 0.384 e. The van der Waals surface area contributed by atoms with E-state index in [-0.39, 0.29) is 28.1 Å². The summed E-state index contributed by atoms with van der Waals surface area (Å²) in [6.07, 6.45) is -4.53. The number of nitrogens with zero attached hydrogens (tertiary/aromatic N) is 4. The molecule has 1 saturated heterocycles. The van der Waals surface area contributed by atoms with Gasteiger partial charge >= 0.3 is 6.18 Å². The lowest BCUT2D eigenvalue weighted by molar-refractivity contribution is -0.137. The summed E-state index contributed by atoms with van der Waals surface area (Å²) in [7, 11) is -3.94. The van der Waals surface area contributed by atoms with E-state index in [4.69, 9.17) is 5.26 Å². The molecule has 0 bridgehead atoms. The molecule has 0 radical (unpaired) electrons. The monoisotopic (exact) mass is 803 g/mol. The van der Waals surface area contributed by atoms with Crippen molar-refractivity contribution in [2.45, 2.75) is 24.4 Å². The fourth-order valence-electron chi connectivity index (χ4n) is 6.55. The average Bonchev–Trinajstić information content (AvgIpc) is 3.19. The zero-order valence-corrected chi connectivity index (χ0v) is 31.4. The van der Waals surface area contributed by atoms with Gasteiger partial charge in [0.1, 0.15) is 5.82 Å². The van der Waals surface area contributed by atoms with Gasteiger partial charge in [-0.05, 0) is 66.2 Å². The molecule has 0 aliphatic carbocycles. The van der Waals surface area contributed by atoms with Gasteiger partial charge in [-0.15, -0.1) is 0 Å². The first-order chi connectivity index (χ1) is 27.1. The second-order valence-corrected chi connectivity index (χ2v) is 15.7. The molecule has 1 aliphatic rings. The summed E-state index contributed by atoms with van der Waals surface area (Å²) >= 11 is 0. The molecule has 0 spiro atoms. The lowest BCUT2D eigenvalue weighted by atomic mass is 10.0. The van der Waals surface area contributed by atoms with Gasteiger partial charge in [-0.3, -0.25) is 19.3 Å². The Balaban J connectivity index is 0.965. The molecule has 3 N–H and O–H groups in total. The Bertz CT molecular complexity index is 2510. The Labute approximate surface area is 325 Å². The highest BCUT2D eigenvalue weighted by molar-refractivity contribution is 7.91. The number of nitrogens with one attached hydrogen (secondary N) is 3. The number of amides is 2. The summed E-state index contributed by atoms with van der Waals surface area (Å²) in [6.45, 7) is 4.36. The number of hydrogen-bond acceptors (Lipinski definition) is 9. The number of H-pyrrole nitrogens is 1. The molecule has 6 rings (SSSR count). The summed E-state index contributed by atoms with van der Waals surface area (Å²) in [4.78, 5) is 42.0. The van der Waals surface area contributed by atoms with Crippen LogP contribution in [-0.4, -0.2) is 85.3 Å². The van der Waals surface area contributed by atoms with Gasteiger partial charge in [0.15, 0.2) is 9.84 Å². The summed E-state index contributed by atoms with van der Waals surface area (Å²) in [5.74, 6) is -3.54. The second kappa shape index (κ2) is 16.9. The summed E-state index contributed by atoms with van der Waals surface area (Å²) in [5.41, 5.74) is -0.453. The molecule has 12 nitrogen and oxygen atoms in total. The Morgan fingerprint density at radius 1 is 0.947 bits per heavy atom. The van der Waals surface area contributed by atoms with Crippen LogP contribution < -0.4 is 16.2 Å². The van der Waals surface area contributed by atoms with Crippen LogP contribution in [0.1, 0.15) is 39.7 Å². The molecule has 1 fully saturated rings. The molecule has 2 amide bonds. The molecule has 5 aromatic rings. The van der Waals surface area contributed by atoms with Crippen molar-refractivity contribution < 1.29 is 35.6 Å². The molecule has 1 atom stereocenters. The van der Waals surface area contributed by atoms with Crippen molar-refractivity contribution in [2.75, 3.05) is 55.7 Å². The number of alkyl halides is 3. The number of hydrogen-bond donors (Lipinski definition) is 3. The lowest BCUT2D eigenvalue weighted by Gasteiger charge is -2.35. The zero-order valence-electron chi connectivity index (χ0n) is 30.6. The molecule has 0 unspecified atom stereocenters. The van der Waals surface area contributed by atoms with E-state index >= 15 is 0 Å². The number of aromatic nitrogens is 2. The van der Waals surface area contributed by atoms with E-state index in [2.05, 4.69) is 25.7 Å². The number of anilines is 2. The van der Waals surface area contributed by atoms with E-state index in [0.717, 1.165) is 12.1 Å². The van der Waals surface area contributed by atoms with Gasteiger partial charge in [0.25, 0.3) is 11.5 Å². The highest BCUT2D eigenvalue weighted by Crippen LogP contribution is 2.34. The number of piperazine rings is 1. The predicted molar refractivity (Wildman–Crippen MR) is 205 cm³/mol. The van der Waals surface area contributed by atoms with Crippen molar-refractivity contribution in [2.24, 2.45) is 5.92 Å². The van der Waals surface area contributed by atoms with Crippen LogP contribution >= 0.6 is 0 Å². The number of carbonyl (C=O) groups is 2. The Morgan fingerprint density at radius 2 is 1.63 bits per heavy atom. The van der Waals surface area contributed by atoms with Gasteiger partial charge in [0.05, 0.1) is 44.5 Å². The van der Waals surface area contributed by atoms with Crippen molar-refractivity contribution in [3.05, 3.63) is 129 Å². The fraction of sp³-hybridized carbons (Fsp3) is 0.275. The third-order valence-corrected chi connectivity index (χ3v) is 11.6. The maximum Gasteiger partial charge on any atom is 0.417 e. The Kier molecular flexibility index (Phi) is 12.0. The number of rotatable bonds is 12. The summed E-state index contributed by atoms with van der Waals surface area (Å²) in [5, 5.41) is 22.4. The third-order valence-electron chi connectivity index (χ3n) is 9.67. The fourth-order valence-corrected chi connectivity index (χ4v) is 8.10. The van der Waals surface area contributed by atoms with Crippen LogP contribution in [0.5, 0.6) is 0 Å². The largest absolute Gasteiger partial charge is 0.417 e. The zero-order chi connectivity index (χ0) is 40.9. The second-order valence-electron chi connectivity index (χ2n) is 13.7. The maximum atomic E-state index is 14.9. The van der Waals surface area contributed by atoms with Crippen molar-refractivity contribution in [3.8, 4) is 6.07 Å². The van der Waals surface area contributed by atoms with Crippen molar-refractivity contribution >= 4 is 43.8 Å². The first-order valence-electron chi connectivity index (χ1n) is 17.9. The van der Waals surface area contributed by atoms with Crippen LogP contribution in [0.25, 0.3) is 10.8 Å². The van der Waals surface area contributed by atoms with E-state index < -0.39 is 56.4 Å². The van der Waals surface area contributed by atoms with Gasteiger partial charge in [-0.1, -0.05) is 31.2 Å². The van der Waals surface area contributed by atoms with Crippen LogP contribution in [0.15, 0.2) is 94.6 Å². The van der Waals surface area contributed by atoms with Crippen molar-refractivity contribution in [3.63, 3.8) is 0 Å². The van der Waals surface area contributed by atoms with Crippen LogP contribution in [0.3, 0.4) is 0 Å². The molecule has 296 valence electrons. The van der Waals surface area contributed by atoms with Gasteiger partial charge in [-0.2, -0.15) is 23.5 Å². The SMILES string of the molecule is C[C@H](CS(=O)(=O)c1ccc(NCCN2CCN(C(=O)c3cc(Cc4n[nH]c(=O)c5ccccc45)ccc3F)CC2)cc1)C(=O)Nc1ccc(C#N)c(C(F)(F)F)c1. The minimum absolute atomic E-state index is 0.0326. The van der Waals surface area contributed by atoms with Crippen LogP contribution in [0.2, 0.25) is 0 Å². The molecule has 1 aliphatic heterocycles. The average molecular weight is 804 g/mol. The van der Waals surface area contributed by atoms with Gasteiger partial charge in [0.2, 0.25) is 5.91 Å². The van der Waals surface area contributed by atoms with E-state index in [0.29, 0.717) is 73.1 Å². The van der Waals surface area contributed by atoms with E-state index in [9.17, 15) is 40.4 Å². The number of benzene rings is 4. The van der Waals surface area contributed by atoms with E-state index in [1.807, 2.05) is 0 Å². The minimum Gasteiger partial charge on any atom is -0.384 e. The molecule has 2 heterocycles. The van der Waals surface area contributed by atoms with E-state index in [1.54, 1.807) is 47.4 Å². The van der Waals surface area contributed by atoms with Crippen LogP contribution in [-0.2, 0) is 27.2 Å². The highest BCUT2D eigenvalue weighted by atomic mass is 32.2. The number of halogens is 4. The Morgan fingerprint density at radius 3 is 2.32 bits per heavy atom. The lowest BCUT2D eigenvalue weighted by Crippen LogP contribution is -2.49. The number of nitriles is 1. The minimum atomic E-state index is -4.82. The van der Waals surface area contributed by atoms with Crippen molar-refractivity contribution in [1.82, 2.24) is 20.0 Å². The van der Waals surface area contributed by atoms with Crippen molar-refractivity contribution in [1.29, 1.82) is 5.26 Å². The molecular weight excluding hydrogens is 767 g/mol. The van der Waals surface area contributed by atoms with Crippen LogP contribution in [0.4, 0.5) is 28.9 Å². The molecule has 57 heavy (non-hydrogen) atoms. The first-order valence-corrected chi connectivity index (χ1v) is 19.5. The Hall–Kier alpha value is -6.12. The normalized spacial score (nSPS) is 14.2. The van der Waals surface area contributed by atoms with Gasteiger partial charge in [-0.25, -0.2) is 17.9 Å². The molecule has 17 heteroatoms.